The molecule has 16 heterocycles. The number of esters is 2. The second-order valence-electron chi connectivity index (χ2n) is 26.5. The lowest BCUT2D eigenvalue weighted by atomic mass is 10.1. The summed E-state index contributed by atoms with van der Waals surface area (Å²) in [6.07, 6.45) is 27.1. The predicted octanol–water partition coefficient (Wildman–Crippen LogP) is 15.2. The number of nitrogens with zero attached hydrogens (tertiary/aromatic N) is 20. The Morgan fingerprint density at radius 2 is 0.633 bits per heavy atom. The Morgan fingerprint density at radius 3 is 0.953 bits per heavy atom. The molecule has 0 bridgehead atoms. The van der Waals surface area contributed by atoms with Gasteiger partial charge in [-0.1, -0.05) is 46.4 Å². The van der Waals surface area contributed by atoms with Crippen molar-refractivity contribution in [2.75, 3.05) is 21.3 Å². The molecule has 2 unspecified atom stereocenters. The monoisotopic (exact) mass is 1840 g/mol. The van der Waals surface area contributed by atoms with Crippen LogP contribution < -0.4 is 40.2 Å². The average Bonchev–Trinajstić information content (AvgIpc) is 1.74. The minimum atomic E-state index is -4.71. The van der Waals surface area contributed by atoms with Gasteiger partial charge < -0.3 is 40.2 Å². The van der Waals surface area contributed by atoms with Crippen LogP contribution >= 0.6 is 46.4 Å². The Balaban J connectivity index is 0.000000146. The number of rotatable bonds is 18. The number of alkyl halides is 12. The maximum Gasteiger partial charge on any atom is 0.418 e. The summed E-state index contributed by atoms with van der Waals surface area (Å²) in [5.74, 6) is -14.5. The van der Waals surface area contributed by atoms with E-state index in [0.29, 0.717) is 46.7 Å². The highest BCUT2D eigenvalue weighted by molar-refractivity contribution is 6.38. The van der Waals surface area contributed by atoms with E-state index in [9.17, 15) is 72.7 Å². The number of fused-ring (bicyclic) bond motifs is 4. The fourth-order valence-corrected chi connectivity index (χ4v) is 12.2. The summed E-state index contributed by atoms with van der Waals surface area (Å²) in [6, 6.07) is 15.7. The number of nitrogens with one attached hydrogen (secondary N) is 4. The number of imidazole rings is 4. The third kappa shape index (κ3) is 22.2. The maximum absolute atomic E-state index is 13.7. The van der Waals surface area contributed by atoms with E-state index in [1.165, 1.54) is 69.1 Å². The number of amides is 4. The maximum atomic E-state index is 13.7. The number of ether oxygens (including phenoxy) is 4. The van der Waals surface area contributed by atoms with Gasteiger partial charge in [0.05, 0.1) is 93.5 Å². The molecule has 2 atom stereocenters. The summed E-state index contributed by atoms with van der Waals surface area (Å²) < 4.78 is 160. The van der Waals surface area contributed by atoms with Crippen LogP contribution in [-0.2, 0) is 53.0 Å². The first-order valence-corrected chi connectivity index (χ1v) is 37.9. The number of pyridine rings is 8. The number of aryl methyl sites for hydroxylation is 2. The summed E-state index contributed by atoms with van der Waals surface area (Å²) in [6.45, 7) is 4.12. The third-order valence-corrected chi connectivity index (χ3v) is 18.7. The van der Waals surface area contributed by atoms with Crippen molar-refractivity contribution in [1.82, 2.24) is 97.3 Å². The van der Waals surface area contributed by atoms with Gasteiger partial charge in [0.25, 0.3) is 34.8 Å². The van der Waals surface area contributed by atoms with Crippen LogP contribution in [0.2, 0.25) is 10.0 Å². The SMILES string of the molecule is CC(F)(F)c1cc(NC(=O)C(=O)Oc2ccc(-c3cnc4cnccn34)cn2)ncc1Cl.Cc1cnc(NC(=O)C(=O)Oc2ccc(-c3cnc4cnccn34)cn2)cc1C(C)(F)F.Cc1cnc(NC(=O)C(Cl)Oc2ccc(-c3cnc4cnccn34)cn2)cc1C(F)(F)F.O=C(Nc1cc(C(F)(F)F)c(Cl)cn1)C(Cl)Oc1ccc(-c2cnc3cnccn23)cn1. The molecule has 34 nitrogen and oxygen atoms in total. The molecule has 0 aromatic carbocycles. The number of halogens is 14. The average molecular weight is 1840 g/mol. The fourth-order valence-electron chi connectivity index (χ4n) is 11.4. The molecule has 16 rings (SSSR count). The van der Waals surface area contributed by atoms with Crippen molar-refractivity contribution in [2.45, 2.75) is 63.0 Å². The van der Waals surface area contributed by atoms with E-state index in [-0.39, 0.29) is 68.5 Å². The number of hydrogen-bond acceptors (Lipinski definition) is 26. The van der Waals surface area contributed by atoms with Gasteiger partial charge in [0, 0.05) is 171 Å². The molecule has 128 heavy (non-hydrogen) atoms. The Labute approximate surface area is 730 Å². The zero-order valence-corrected chi connectivity index (χ0v) is 68.3. The Morgan fingerprint density at radius 1 is 0.344 bits per heavy atom. The second kappa shape index (κ2) is 38.4. The normalized spacial score (nSPS) is 12.0. The minimum absolute atomic E-state index is 0.0273. The lowest BCUT2D eigenvalue weighted by Gasteiger charge is -2.14. The molecule has 0 saturated heterocycles. The summed E-state index contributed by atoms with van der Waals surface area (Å²) in [7, 11) is 0. The van der Waals surface area contributed by atoms with Crippen molar-refractivity contribution < 1.29 is 91.6 Å². The highest BCUT2D eigenvalue weighted by Gasteiger charge is 2.36. The fraction of sp³-hybridized carbons (Fsp3) is 0.125. The van der Waals surface area contributed by atoms with Gasteiger partial charge >= 0.3 is 36.1 Å². The van der Waals surface area contributed by atoms with Crippen LogP contribution in [0.4, 0.5) is 67.2 Å². The number of hydrogen-bond donors (Lipinski definition) is 4. The molecule has 4 amide bonds. The van der Waals surface area contributed by atoms with Crippen LogP contribution in [0.1, 0.15) is 47.2 Å². The quantitative estimate of drug-likeness (QED) is 0.0268. The van der Waals surface area contributed by atoms with Crippen LogP contribution in [0.3, 0.4) is 0 Å². The molecular formula is C80H54Cl4F10N24O10. The van der Waals surface area contributed by atoms with Gasteiger partial charge in [0.1, 0.15) is 23.3 Å². The van der Waals surface area contributed by atoms with E-state index in [2.05, 4.69) is 101 Å². The highest BCUT2D eigenvalue weighted by atomic mass is 35.5. The van der Waals surface area contributed by atoms with Gasteiger partial charge in [-0.3, -0.25) is 56.7 Å². The van der Waals surface area contributed by atoms with Gasteiger partial charge in [0.2, 0.25) is 23.5 Å². The van der Waals surface area contributed by atoms with Crippen LogP contribution in [0.25, 0.3) is 67.6 Å². The first-order chi connectivity index (χ1) is 60.9. The first-order valence-electron chi connectivity index (χ1n) is 36.3. The molecule has 48 heteroatoms. The zero-order chi connectivity index (χ0) is 91.5. The van der Waals surface area contributed by atoms with Crippen LogP contribution in [0, 0.1) is 13.8 Å². The molecule has 16 aromatic heterocycles. The molecule has 0 saturated carbocycles. The first kappa shape index (κ1) is 90.3. The van der Waals surface area contributed by atoms with Crippen LogP contribution in [0.15, 0.2) is 222 Å². The Bertz CT molecular complexity index is 6410. The van der Waals surface area contributed by atoms with Crippen molar-refractivity contribution in [3.8, 4) is 68.5 Å². The summed E-state index contributed by atoms with van der Waals surface area (Å²) in [5, 5.41) is 7.72. The lowest BCUT2D eigenvalue weighted by Crippen LogP contribution is -2.29. The van der Waals surface area contributed by atoms with Gasteiger partial charge in [-0.15, -0.1) is 0 Å². The Kier molecular flexibility index (Phi) is 27.1. The number of carbonyl (C=O) groups is 6. The van der Waals surface area contributed by atoms with Gasteiger partial charge in [-0.05, 0) is 73.5 Å². The topological polar surface area (TPSA) is 411 Å². The summed E-state index contributed by atoms with van der Waals surface area (Å²) in [4.78, 5) is 137. The van der Waals surface area contributed by atoms with Crippen molar-refractivity contribution in [3.63, 3.8) is 0 Å². The third-order valence-electron chi connectivity index (χ3n) is 17.5. The van der Waals surface area contributed by atoms with Gasteiger partial charge in [-0.25, -0.2) is 87.0 Å². The molecule has 0 aliphatic heterocycles. The lowest BCUT2D eigenvalue weighted by molar-refractivity contribution is -0.145. The molecule has 0 aliphatic rings. The van der Waals surface area contributed by atoms with Crippen LogP contribution in [-0.4, -0.2) is 144 Å². The molecule has 0 spiro atoms. The molecule has 16 aromatic rings. The van der Waals surface area contributed by atoms with Crippen LogP contribution in [0.5, 0.6) is 23.5 Å². The zero-order valence-electron chi connectivity index (χ0n) is 65.3. The standard InChI is InChI=1S/C21H16F2N6O3.C20H14ClF3N6O2.C20H13ClF2N6O3.C19H11Cl2F3N6O2/c1-12-8-25-16(7-14(12)21(2,22)23)28-19(30)20(31)32-18-4-3-13(9-27-18)15-10-26-17-11-24-5-6-29(15)17;1-11-7-26-15(6-13(11)20(22,23)24)29-19(31)18(21)32-17-3-2-12(8-28-17)14-9-27-16-10-25-4-5-30(14)16;1-20(22,23)12-6-15(25-8-13(12)21)28-18(30)19(31)32-17-3-2-11(7-27-17)14-9-26-16-10-24-4-5-29(14)16;20-12-7-26-14(5-11(12)19(22,23)24)29-18(31)17(21)32-16-2-1-10(6-28-16)13-8-27-15-9-25-3-4-30(13)15/h3-11H,1-2H3,(H,25,28,30);2-10,18H,1H3,(H,26,29,31);2-10H,1H3,(H,25,28,30);1-9,17H,(H,26,29,31). The number of aromatic nitrogens is 20. The van der Waals surface area contributed by atoms with Crippen molar-refractivity contribution >= 4 is 128 Å². The van der Waals surface area contributed by atoms with E-state index >= 15 is 0 Å². The minimum Gasteiger partial charge on any atom is -0.448 e. The molecule has 0 fully saturated rings. The molecule has 0 radical (unpaired) electrons. The summed E-state index contributed by atoms with van der Waals surface area (Å²) >= 11 is 23.1. The van der Waals surface area contributed by atoms with Crippen molar-refractivity contribution in [2.24, 2.45) is 0 Å². The van der Waals surface area contributed by atoms with Gasteiger partial charge in [0.15, 0.2) is 22.6 Å². The van der Waals surface area contributed by atoms with E-state index in [0.717, 1.165) is 77.6 Å². The van der Waals surface area contributed by atoms with E-state index < -0.39 is 92.6 Å². The van der Waals surface area contributed by atoms with Crippen molar-refractivity contribution in [1.29, 1.82) is 0 Å². The van der Waals surface area contributed by atoms with E-state index in [4.69, 9.17) is 65.4 Å². The number of carbonyl (C=O) groups excluding carboxylic acids is 6. The van der Waals surface area contributed by atoms with E-state index in [1.807, 2.05) is 13.2 Å². The summed E-state index contributed by atoms with van der Waals surface area (Å²) in [5.41, 5.74) is 2.64. The smallest absolute Gasteiger partial charge is 0.418 e. The largest absolute Gasteiger partial charge is 0.448 e. The molecule has 0 aliphatic carbocycles. The predicted molar refractivity (Wildman–Crippen MR) is 437 cm³/mol. The van der Waals surface area contributed by atoms with Gasteiger partial charge in [-0.2, -0.15) is 26.3 Å². The van der Waals surface area contributed by atoms with Crippen molar-refractivity contribution in [3.05, 3.63) is 265 Å². The molecular weight excluding hydrogens is 1790 g/mol. The highest BCUT2D eigenvalue weighted by Crippen LogP contribution is 2.39. The molecule has 652 valence electrons. The molecule has 4 N–H and O–H groups in total. The van der Waals surface area contributed by atoms with E-state index in [1.54, 1.807) is 128 Å². The number of anilines is 4. The second-order valence-corrected chi connectivity index (χ2v) is 28.1. The Hall–Kier alpha value is -15.4.